The fraction of sp³-hybridized carbons (Fsp3) is 0.300. The van der Waals surface area contributed by atoms with Crippen molar-refractivity contribution in [3.8, 4) is 0 Å². The van der Waals surface area contributed by atoms with Gasteiger partial charge in [0.1, 0.15) is 6.54 Å². The summed E-state index contributed by atoms with van der Waals surface area (Å²) in [6.07, 6.45) is 3.39. The van der Waals surface area contributed by atoms with E-state index in [4.69, 9.17) is 0 Å². The third-order valence-corrected chi connectivity index (χ3v) is 5.21. The average Bonchev–Trinajstić information content (AvgIpc) is 2.63. The molecular formula is C20H22N2O2S. The molecule has 1 aliphatic heterocycles. The Balaban J connectivity index is 1.63. The van der Waals surface area contributed by atoms with Gasteiger partial charge in [-0.05, 0) is 42.7 Å². The Morgan fingerprint density at radius 1 is 1.16 bits per heavy atom. The van der Waals surface area contributed by atoms with E-state index in [0.29, 0.717) is 5.75 Å². The van der Waals surface area contributed by atoms with Gasteiger partial charge < -0.3 is 10.2 Å². The van der Waals surface area contributed by atoms with Gasteiger partial charge in [0, 0.05) is 10.6 Å². The highest BCUT2D eigenvalue weighted by Crippen LogP contribution is 2.34. The molecular weight excluding hydrogens is 332 g/mol. The van der Waals surface area contributed by atoms with Crippen molar-refractivity contribution < 1.29 is 9.59 Å². The molecule has 0 fully saturated rings. The standard InChI is InChI=1S/C20H22N2O2S/c1-2-3-6-15-9-11-16(12-10-15)21-19(23)13-22-17-7-4-5-8-18(17)25-14-20(22)24/h4-5,7-12H,2-3,6,13-14H2,1H3,(H,21,23). The molecule has 2 aromatic rings. The molecule has 0 spiro atoms. The minimum Gasteiger partial charge on any atom is -0.325 e. The molecule has 3 rings (SSSR count). The van der Waals surface area contributed by atoms with Gasteiger partial charge >= 0.3 is 0 Å². The largest absolute Gasteiger partial charge is 0.325 e. The number of carbonyl (C=O) groups excluding carboxylic acids is 2. The van der Waals surface area contributed by atoms with Crippen molar-refractivity contribution in [2.24, 2.45) is 0 Å². The summed E-state index contributed by atoms with van der Waals surface area (Å²) in [7, 11) is 0. The summed E-state index contributed by atoms with van der Waals surface area (Å²) in [5, 5.41) is 2.88. The number of hydrogen-bond acceptors (Lipinski definition) is 3. The molecule has 0 radical (unpaired) electrons. The number of nitrogens with one attached hydrogen (secondary N) is 1. The first-order valence-corrected chi connectivity index (χ1v) is 9.57. The molecule has 0 atom stereocenters. The first kappa shape index (κ1) is 17.5. The van der Waals surface area contributed by atoms with Crippen molar-refractivity contribution in [2.75, 3.05) is 22.5 Å². The lowest BCUT2D eigenvalue weighted by atomic mass is 10.1. The van der Waals surface area contributed by atoms with Crippen LogP contribution < -0.4 is 10.2 Å². The first-order valence-electron chi connectivity index (χ1n) is 8.58. The van der Waals surface area contributed by atoms with Crippen LogP contribution in [0.2, 0.25) is 0 Å². The second-order valence-electron chi connectivity index (χ2n) is 6.08. The molecule has 0 unspecified atom stereocenters. The van der Waals surface area contributed by atoms with Gasteiger partial charge in [-0.3, -0.25) is 9.59 Å². The number of anilines is 2. The highest BCUT2D eigenvalue weighted by atomic mass is 32.2. The number of carbonyl (C=O) groups is 2. The van der Waals surface area contributed by atoms with E-state index in [2.05, 4.69) is 12.2 Å². The van der Waals surface area contributed by atoms with E-state index in [1.807, 2.05) is 48.5 Å². The number of fused-ring (bicyclic) bond motifs is 1. The van der Waals surface area contributed by atoms with E-state index in [1.165, 1.54) is 30.2 Å². The van der Waals surface area contributed by atoms with Gasteiger partial charge in [0.2, 0.25) is 11.8 Å². The Kier molecular flexibility index (Phi) is 5.76. The number of nitrogens with zero attached hydrogens (tertiary/aromatic N) is 1. The van der Waals surface area contributed by atoms with E-state index < -0.39 is 0 Å². The number of para-hydroxylation sites is 1. The maximum atomic E-state index is 12.4. The van der Waals surface area contributed by atoms with Crippen molar-refractivity contribution in [1.82, 2.24) is 0 Å². The third-order valence-electron chi connectivity index (χ3n) is 4.17. The summed E-state index contributed by atoms with van der Waals surface area (Å²) < 4.78 is 0. The summed E-state index contributed by atoms with van der Waals surface area (Å²) in [5.41, 5.74) is 2.85. The van der Waals surface area contributed by atoms with Crippen LogP contribution in [0.5, 0.6) is 0 Å². The predicted molar refractivity (Wildman–Crippen MR) is 103 cm³/mol. The summed E-state index contributed by atoms with van der Waals surface area (Å²) in [4.78, 5) is 27.2. The van der Waals surface area contributed by atoms with Crippen molar-refractivity contribution >= 4 is 35.0 Å². The van der Waals surface area contributed by atoms with Gasteiger partial charge in [0.25, 0.3) is 0 Å². The van der Waals surface area contributed by atoms with Crippen molar-refractivity contribution in [3.05, 3.63) is 54.1 Å². The smallest absolute Gasteiger partial charge is 0.244 e. The molecule has 4 nitrogen and oxygen atoms in total. The number of benzene rings is 2. The molecule has 0 aliphatic carbocycles. The zero-order valence-electron chi connectivity index (χ0n) is 14.3. The molecule has 130 valence electrons. The quantitative estimate of drug-likeness (QED) is 0.849. The molecule has 5 heteroatoms. The number of unbranched alkanes of at least 4 members (excludes halogenated alkanes) is 1. The highest BCUT2D eigenvalue weighted by Gasteiger charge is 2.26. The van der Waals surface area contributed by atoms with Gasteiger partial charge in [-0.1, -0.05) is 37.6 Å². The van der Waals surface area contributed by atoms with E-state index in [1.54, 1.807) is 4.90 Å². The zero-order chi connectivity index (χ0) is 17.6. The van der Waals surface area contributed by atoms with E-state index >= 15 is 0 Å². The minimum atomic E-state index is -0.184. The van der Waals surface area contributed by atoms with Crippen LogP contribution in [-0.4, -0.2) is 24.1 Å². The maximum absolute atomic E-state index is 12.4. The molecule has 25 heavy (non-hydrogen) atoms. The van der Waals surface area contributed by atoms with Gasteiger partial charge in [-0.2, -0.15) is 0 Å². The molecule has 0 saturated carbocycles. The number of thioether (sulfide) groups is 1. The van der Waals surface area contributed by atoms with Crippen LogP contribution >= 0.6 is 11.8 Å². The molecule has 1 aliphatic rings. The second-order valence-corrected chi connectivity index (χ2v) is 7.10. The van der Waals surface area contributed by atoms with Crippen LogP contribution in [0.25, 0.3) is 0 Å². The van der Waals surface area contributed by atoms with Gasteiger partial charge in [-0.25, -0.2) is 0 Å². The SMILES string of the molecule is CCCCc1ccc(NC(=O)CN2C(=O)CSc3ccccc32)cc1. The van der Waals surface area contributed by atoms with Crippen LogP contribution in [0.4, 0.5) is 11.4 Å². The molecule has 0 aromatic heterocycles. The molecule has 1 N–H and O–H groups in total. The number of amides is 2. The number of hydrogen-bond donors (Lipinski definition) is 1. The molecule has 1 heterocycles. The Morgan fingerprint density at radius 2 is 1.92 bits per heavy atom. The van der Waals surface area contributed by atoms with Crippen LogP contribution in [-0.2, 0) is 16.0 Å². The molecule has 2 amide bonds. The summed E-state index contributed by atoms with van der Waals surface area (Å²) in [6, 6.07) is 15.6. The van der Waals surface area contributed by atoms with Gasteiger partial charge in [0.05, 0.1) is 11.4 Å². The van der Waals surface area contributed by atoms with Gasteiger partial charge in [-0.15, -0.1) is 11.8 Å². The Morgan fingerprint density at radius 3 is 2.68 bits per heavy atom. The average molecular weight is 354 g/mol. The lowest BCUT2D eigenvalue weighted by Crippen LogP contribution is -2.41. The van der Waals surface area contributed by atoms with E-state index in [9.17, 15) is 9.59 Å². The van der Waals surface area contributed by atoms with Gasteiger partial charge in [0.15, 0.2) is 0 Å². The Bertz CT molecular complexity index is 759. The summed E-state index contributed by atoms with van der Waals surface area (Å²) in [6.45, 7) is 2.21. The second kappa shape index (κ2) is 8.21. The van der Waals surface area contributed by atoms with Crippen LogP contribution in [0, 0.1) is 0 Å². The maximum Gasteiger partial charge on any atom is 0.244 e. The lowest BCUT2D eigenvalue weighted by Gasteiger charge is -2.28. The Labute approximate surface area is 152 Å². The number of aryl methyl sites for hydroxylation is 1. The molecule has 0 saturated heterocycles. The zero-order valence-corrected chi connectivity index (χ0v) is 15.1. The monoisotopic (exact) mass is 354 g/mol. The van der Waals surface area contributed by atoms with Crippen LogP contribution in [0.15, 0.2) is 53.4 Å². The van der Waals surface area contributed by atoms with Crippen molar-refractivity contribution in [2.45, 2.75) is 31.1 Å². The fourth-order valence-corrected chi connectivity index (χ4v) is 3.74. The summed E-state index contributed by atoms with van der Waals surface area (Å²) in [5.74, 6) is 0.154. The first-order chi connectivity index (χ1) is 12.2. The van der Waals surface area contributed by atoms with E-state index in [0.717, 1.165) is 22.7 Å². The summed E-state index contributed by atoms with van der Waals surface area (Å²) >= 11 is 1.52. The predicted octanol–water partition coefficient (Wildman–Crippen LogP) is 4.11. The van der Waals surface area contributed by atoms with Crippen LogP contribution in [0.1, 0.15) is 25.3 Å². The minimum absolute atomic E-state index is 0.0336. The van der Waals surface area contributed by atoms with Crippen LogP contribution in [0.3, 0.4) is 0 Å². The third kappa shape index (κ3) is 4.42. The van der Waals surface area contributed by atoms with E-state index in [-0.39, 0.29) is 18.4 Å². The normalized spacial score (nSPS) is 13.5. The lowest BCUT2D eigenvalue weighted by molar-refractivity contribution is -0.120. The fourth-order valence-electron chi connectivity index (χ4n) is 2.81. The molecule has 2 aromatic carbocycles. The Hall–Kier alpha value is -2.27. The highest BCUT2D eigenvalue weighted by molar-refractivity contribution is 8.00. The topological polar surface area (TPSA) is 49.4 Å². The van der Waals surface area contributed by atoms with Crippen molar-refractivity contribution in [3.63, 3.8) is 0 Å². The molecule has 0 bridgehead atoms. The van der Waals surface area contributed by atoms with Crippen molar-refractivity contribution in [1.29, 1.82) is 0 Å². The number of rotatable bonds is 6.